The van der Waals surface area contributed by atoms with Gasteiger partial charge in [0.2, 0.25) is 0 Å². The molecule has 0 fully saturated rings. The van der Waals surface area contributed by atoms with Crippen LogP contribution < -0.4 is 0 Å². The highest BCUT2D eigenvalue weighted by Gasteiger charge is 1.96. The summed E-state index contributed by atoms with van der Waals surface area (Å²) in [7, 11) is 0. The molecule has 0 amide bonds. The van der Waals surface area contributed by atoms with E-state index in [9.17, 15) is 0 Å². The molecule has 0 aliphatic carbocycles. The maximum absolute atomic E-state index is 5.81. The number of para-hydroxylation sites is 1. The van der Waals surface area contributed by atoms with Crippen LogP contribution in [0.1, 0.15) is 0 Å². The number of pyridine rings is 1. The first-order valence-electron chi connectivity index (χ1n) is 5.83. The highest BCUT2D eigenvalue weighted by molar-refractivity contribution is 6.30. The molecular weight excluding hydrogens is 258 g/mol. The molecule has 0 spiro atoms. The van der Waals surface area contributed by atoms with Gasteiger partial charge < -0.3 is 0 Å². The van der Waals surface area contributed by atoms with E-state index in [-0.39, 0.29) is 0 Å². The van der Waals surface area contributed by atoms with Gasteiger partial charge in [-0.2, -0.15) is 5.11 Å². The van der Waals surface area contributed by atoms with Crippen molar-refractivity contribution in [3.05, 3.63) is 65.8 Å². The molecule has 0 radical (unpaired) electrons. The van der Waals surface area contributed by atoms with Crippen molar-refractivity contribution >= 4 is 33.9 Å². The van der Waals surface area contributed by atoms with Gasteiger partial charge in [-0.25, -0.2) is 0 Å². The summed E-state index contributed by atoms with van der Waals surface area (Å²) in [5.41, 5.74) is 2.44. The van der Waals surface area contributed by atoms with Crippen LogP contribution in [-0.4, -0.2) is 4.98 Å². The van der Waals surface area contributed by atoms with E-state index in [4.69, 9.17) is 11.6 Å². The van der Waals surface area contributed by atoms with Crippen molar-refractivity contribution in [3.8, 4) is 0 Å². The molecule has 2 aromatic carbocycles. The van der Waals surface area contributed by atoms with Crippen molar-refractivity contribution in [2.24, 2.45) is 10.2 Å². The molecular formula is C15H10ClN3. The normalized spacial score (nSPS) is 11.2. The van der Waals surface area contributed by atoms with Crippen LogP contribution in [-0.2, 0) is 0 Å². The van der Waals surface area contributed by atoms with E-state index >= 15 is 0 Å². The summed E-state index contributed by atoms with van der Waals surface area (Å²) in [6.07, 6.45) is 1.71. The van der Waals surface area contributed by atoms with E-state index in [1.807, 2.05) is 42.5 Å². The zero-order valence-electron chi connectivity index (χ0n) is 9.99. The third-order valence-corrected chi connectivity index (χ3v) is 2.94. The monoisotopic (exact) mass is 267 g/mol. The first-order chi connectivity index (χ1) is 9.31. The quantitative estimate of drug-likeness (QED) is 0.580. The van der Waals surface area contributed by atoms with Gasteiger partial charge in [-0.05, 0) is 36.4 Å². The summed E-state index contributed by atoms with van der Waals surface area (Å²) in [4.78, 5) is 4.33. The lowest BCUT2D eigenvalue weighted by molar-refractivity contribution is 1.21. The zero-order chi connectivity index (χ0) is 13.1. The van der Waals surface area contributed by atoms with E-state index in [0.29, 0.717) is 5.02 Å². The lowest BCUT2D eigenvalue weighted by Gasteiger charge is -1.97. The maximum atomic E-state index is 5.81. The number of azo groups is 1. The van der Waals surface area contributed by atoms with Gasteiger partial charge in [0.25, 0.3) is 0 Å². The molecule has 3 rings (SSSR count). The zero-order valence-corrected chi connectivity index (χ0v) is 10.7. The molecule has 19 heavy (non-hydrogen) atoms. The van der Waals surface area contributed by atoms with Gasteiger partial charge in [-0.1, -0.05) is 29.8 Å². The first-order valence-corrected chi connectivity index (χ1v) is 6.21. The molecule has 1 aromatic heterocycles. The Morgan fingerprint density at radius 2 is 1.58 bits per heavy atom. The Balaban J connectivity index is 1.90. The molecule has 0 atom stereocenters. The summed E-state index contributed by atoms with van der Waals surface area (Å²) in [6.45, 7) is 0. The minimum absolute atomic E-state index is 0.686. The SMILES string of the molecule is Clc1ccc(N=Nc2cnc3ccccc3c2)cc1. The van der Waals surface area contributed by atoms with Crippen molar-refractivity contribution in [1.29, 1.82) is 0 Å². The number of fused-ring (bicyclic) bond motifs is 1. The van der Waals surface area contributed by atoms with Crippen LogP contribution in [0.3, 0.4) is 0 Å². The van der Waals surface area contributed by atoms with Crippen molar-refractivity contribution in [2.45, 2.75) is 0 Å². The molecule has 0 saturated carbocycles. The molecule has 0 aliphatic rings. The van der Waals surface area contributed by atoms with Crippen LogP contribution >= 0.6 is 11.6 Å². The molecule has 0 unspecified atom stereocenters. The fraction of sp³-hybridized carbons (Fsp3) is 0. The van der Waals surface area contributed by atoms with Crippen LogP contribution in [0.4, 0.5) is 11.4 Å². The summed E-state index contributed by atoms with van der Waals surface area (Å²) in [6, 6.07) is 17.1. The second-order valence-electron chi connectivity index (χ2n) is 4.06. The Kier molecular flexibility index (Phi) is 3.21. The lowest BCUT2D eigenvalue weighted by atomic mass is 10.2. The van der Waals surface area contributed by atoms with Gasteiger partial charge in [0.05, 0.1) is 17.4 Å². The van der Waals surface area contributed by atoms with Crippen LogP contribution in [0.25, 0.3) is 10.9 Å². The second kappa shape index (κ2) is 5.16. The van der Waals surface area contributed by atoms with Gasteiger partial charge in [0.1, 0.15) is 5.69 Å². The van der Waals surface area contributed by atoms with E-state index in [2.05, 4.69) is 15.2 Å². The number of hydrogen-bond acceptors (Lipinski definition) is 3. The molecule has 3 aromatic rings. The molecule has 3 nitrogen and oxygen atoms in total. The van der Waals surface area contributed by atoms with Gasteiger partial charge >= 0.3 is 0 Å². The van der Waals surface area contributed by atoms with E-state index < -0.39 is 0 Å². The van der Waals surface area contributed by atoms with Crippen molar-refractivity contribution < 1.29 is 0 Å². The summed E-state index contributed by atoms with van der Waals surface area (Å²) < 4.78 is 0. The van der Waals surface area contributed by atoms with Crippen molar-refractivity contribution in [2.75, 3.05) is 0 Å². The number of nitrogens with zero attached hydrogens (tertiary/aromatic N) is 3. The Labute approximate surface area is 115 Å². The molecule has 4 heteroatoms. The lowest BCUT2D eigenvalue weighted by Crippen LogP contribution is -1.76. The van der Waals surface area contributed by atoms with Gasteiger partial charge in [0.15, 0.2) is 0 Å². The number of halogens is 1. The number of benzene rings is 2. The topological polar surface area (TPSA) is 37.6 Å². The maximum Gasteiger partial charge on any atom is 0.105 e. The third kappa shape index (κ3) is 2.77. The average molecular weight is 268 g/mol. The van der Waals surface area contributed by atoms with Crippen molar-refractivity contribution in [1.82, 2.24) is 4.98 Å². The van der Waals surface area contributed by atoms with Crippen LogP contribution in [0.5, 0.6) is 0 Å². The molecule has 92 valence electrons. The van der Waals surface area contributed by atoms with E-state index in [0.717, 1.165) is 22.3 Å². The van der Waals surface area contributed by atoms with E-state index in [1.54, 1.807) is 18.3 Å². The van der Waals surface area contributed by atoms with Crippen LogP contribution in [0, 0.1) is 0 Å². The summed E-state index contributed by atoms with van der Waals surface area (Å²) in [5.74, 6) is 0. The Hall–Kier alpha value is -2.26. The fourth-order valence-corrected chi connectivity index (χ4v) is 1.86. The number of rotatable bonds is 2. The Bertz CT molecular complexity index is 736. The van der Waals surface area contributed by atoms with Crippen molar-refractivity contribution in [3.63, 3.8) is 0 Å². The second-order valence-corrected chi connectivity index (χ2v) is 4.50. The predicted octanol–water partition coefficient (Wildman–Crippen LogP) is 5.30. The predicted molar refractivity (Wildman–Crippen MR) is 77.4 cm³/mol. The smallest absolute Gasteiger partial charge is 0.105 e. The number of hydrogen-bond donors (Lipinski definition) is 0. The number of aromatic nitrogens is 1. The summed E-state index contributed by atoms with van der Waals surface area (Å²) >= 11 is 5.81. The highest BCUT2D eigenvalue weighted by atomic mass is 35.5. The minimum Gasteiger partial charge on any atom is -0.254 e. The van der Waals surface area contributed by atoms with Gasteiger partial charge in [0, 0.05) is 10.4 Å². The standard InChI is InChI=1S/C15H10ClN3/c16-12-5-7-13(8-6-12)18-19-14-9-11-3-1-2-4-15(11)17-10-14/h1-10H. The average Bonchev–Trinajstić information content (AvgIpc) is 2.46. The molecule has 0 saturated heterocycles. The highest BCUT2D eigenvalue weighted by Crippen LogP contribution is 2.22. The van der Waals surface area contributed by atoms with Gasteiger partial charge in [-0.15, -0.1) is 5.11 Å². The Morgan fingerprint density at radius 3 is 2.42 bits per heavy atom. The van der Waals surface area contributed by atoms with Gasteiger partial charge in [-0.3, -0.25) is 4.98 Å². The molecule has 0 bridgehead atoms. The Morgan fingerprint density at radius 1 is 0.842 bits per heavy atom. The molecule has 0 aliphatic heterocycles. The van der Waals surface area contributed by atoms with E-state index in [1.165, 1.54) is 0 Å². The summed E-state index contributed by atoms with van der Waals surface area (Å²) in [5, 5.41) is 10.1. The van der Waals surface area contributed by atoms with Crippen LogP contribution in [0.15, 0.2) is 71.0 Å². The molecule has 0 N–H and O–H groups in total. The first kappa shape index (κ1) is 11.8. The van der Waals surface area contributed by atoms with Crippen LogP contribution in [0.2, 0.25) is 5.02 Å². The minimum atomic E-state index is 0.686. The molecule has 1 heterocycles. The largest absolute Gasteiger partial charge is 0.254 e. The third-order valence-electron chi connectivity index (χ3n) is 2.68. The fourth-order valence-electron chi connectivity index (χ4n) is 1.74.